The first kappa shape index (κ1) is 16.8. The van der Waals surface area contributed by atoms with Gasteiger partial charge < -0.3 is 0 Å². The smallest absolute Gasteiger partial charge is 0.253 e. The summed E-state index contributed by atoms with van der Waals surface area (Å²) in [5.41, 5.74) is 0.942. The first-order chi connectivity index (χ1) is 11.6. The van der Waals surface area contributed by atoms with Gasteiger partial charge in [0.25, 0.3) is 5.91 Å². The fourth-order valence-corrected chi connectivity index (χ4v) is 3.53. The van der Waals surface area contributed by atoms with Gasteiger partial charge in [-0.3, -0.25) is 14.5 Å². The maximum Gasteiger partial charge on any atom is 0.253 e. The van der Waals surface area contributed by atoms with E-state index in [1.54, 1.807) is 17.8 Å². The van der Waals surface area contributed by atoms with Crippen molar-refractivity contribution in [2.75, 3.05) is 6.54 Å². The second kappa shape index (κ2) is 7.69. The van der Waals surface area contributed by atoms with Gasteiger partial charge in [0.2, 0.25) is 5.91 Å². The fourth-order valence-electron chi connectivity index (χ4n) is 2.47. The summed E-state index contributed by atoms with van der Waals surface area (Å²) in [4.78, 5) is 27.2. The van der Waals surface area contributed by atoms with E-state index in [0.29, 0.717) is 18.0 Å². The van der Waals surface area contributed by atoms with Gasteiger partial charge in [0.05, 0.1) is 0 Å². The molecule has 3 nitrogen and oxygen atoms in total. The second-order valence-corrected chi connectivity index (χ2v) is 6.97. The van der Waals surface area contributed by atoms with Crippen molar-refractivity contribution in [1.82, 2.24) is 4.90 Å². The summed E-state index contributed by atoms with van der Waals surface area (Å²) >= 11 is 7.52. The lowest BCUT2D eigenvalue weighted by Gasteiger charge is -2.10. The van der Waals surface area contributed by atoms with Gasteiger partial charge in [0, 0.05) is 33.9 Å². The maximum atomic E-state index is 12.1. The van der Waals surface area contributed by atoms with Crippen LogP contribution in [0.3, 0.4) is 0 Å². The number of hydrogen-bond donors (Lipinski definition) is 0. The van der Waals surface area contributed by atoms with Crippen molar-refractivity contribution >= 4 is 41.3 Å². The van der Waals surface area contributed by atoms with Crippen LogP contribution in [0.15, 0.2) is 64.4 Å². The minimum Gasteiger partial charge on any atom is -0.279 e. The number of hydrogen-bond acceptors (Lipinski definition) is 3. The molecular weight excluding hydrogens is 342 g/mol. The van der Waals surface area contributed by atoms with E-state index in [2.05, 4.69) is 0 Å². The van der Waals surface area contributed by atoms with Crippen molar-refractivity contribution in [3.8, 4) is 0 Å². The van der Waals surface area contributed by atoms with Gasteiger partial charge >= 0.3 is 0 Å². The molecule has 2 amide bonds. The van der Waals surface area contributed by atoms with Crippen molar-refractivity contribution < 1.29 is 9.59 Å². The van der Waals surface area contributed by atoms with Gasteiger partial charge in [-0.15, -0.1) is 0 Å². The van der Waals surface area contributed by atoms with E-state index in [-0.39, 0.29) is 11.8 Å². The van der Waals surface area contributed by atoms with Crippen LogP contribution in [0.2, 0.25) is 5.02 Å². The lowest BCUT2D eigenvalue weighted by Crippen LogP contribution is -2.30. The number of benzene rings is 2. The van der Waals surface area contributed by atoms with E-state index in [9.17, 15) is 9.59 Å². The highest BCUT2D eigenvalue weighted by Gasteiger charge is 2.24. The molecule has 5 heteroatoms. The standard InChI is InChI=1S/C19H16ClNO2S/c20-15-8-10-16(11-9-15)24-17-5-2-1-4-14(17)7-12-19(23)21-13-3-6-18(21)22/h1-2,4-5,7-12H,3,6,13H2. The largest absolute Gasteiger partial charge is 0.279 e. The summed E-state index contributed by atoms with van der Waals surface area (Å²) < 4.78 is 0. The number of carbonyl (C=O) groups is 2. The van der Waals surface area contributed by atoms with Crippen LogP contribution in [-0.4, -0.2) is 23.3 Å². The van der Waals surface area contributed by atoms with E-state index >= 15 is 0 Å². The van der Waals surface area contributed by atoms with Crippen LogP contribution in [0.25, 0.3) is 6.08 Å². The third-order valence-electron chi connectivity index (χ3n) is 3.71. The molecule has 1 aliphatic heterocycles. The minimum atomic E-state index is -0.246. The molecule has 0 bridgehead atoms. The number of amides is 2. The quantitative estimate of drug-likeness (QED) is 0.747. The Labute approximate surface area is 150 Å². The Morgan fingerprint density at radius 1 is 1.12 bits per heavy atom. The molecule has 1 fully saturated rings. The van der Waals surface area contributed by atoms with Crippen LogP contribution in [0, 0.1) is 0 Å². The molecule has 0 atom stereocenters. The lowest BCUT2D eigenvalue weighted by molar-refractivity contribution is -0.138. The highest BCUT2D eigenvalue weighted by molar-refractivity contribution is 7.99. The van der Waals surface area contributed by atoms with Crippen molar-refractivity contribution in [3.63, 3.8) is 0 Å². The molecular formula is C19H16ClNO2S. The molecule has 0 aromatic heterocycles. The van der Waals surface area contributed by atoms with E-state index in [0.717, 1.165) is 21.8 Å². The Hall–Kier alpha value is -2.04. The topological polar surface area (TPSA) is 37.4 Å². The molecule has 2 aromatic carbocycles. The molecule has 0 unspecified atom stereocenters. The van der Waals surface area contributed by atoms with Gasteiger partial charge in [-0.1, -0.05) is 41.6 Å². The van der Waals surface area contributed by atoms with Crippen LogP contribution >= 0.6 is 23.4 Å². The first-order valence-electron chi connectivity index (χ1n) is 7.68. The Balaban J connectivity index is 1.76. The average Bonchev–Trinajstić information content (AvgIpc) is 3.02. The maximum absolute atomic E-state index is 12.1. The van der Waals surface area contributed by atoms with Crippen LogP contribution in [0.5, 0.6) is 0 Å². The van der Waals surface area contributed by atoms with Gasteiger partial charge in [0.1, 0.15) is 0 Å². The fraction of sp³-hybridized carbons (Fsp3) is 0.158. The number of carbonyl (C=O) groups excluding carboxylic acids is 2. The minimum absolute atomic E-state index is 0.0894. The number of rotatable bonds is 4. The predicted molar refractivity (Wildman–Crippen MR) is 97.0 cm³/mol. The molecule has 1 saturated heterocycles. The summed E-state index contributed by atoms with van der Waals surface area (Å²) in [6, 6.07) is 15.5. The molecule has 122 valence electrons. The number of nitrogens with zero attached hydrogens (tertiary/aromatic N) is 1. The number of likely N-dealkylation sites (tertiary alicyclic amines) is 1. The monoisotopic (exact) mass is 357 g/mol. The van der Waals surface area contributed by atoms with Crippen LogP contribution < -0.4 is 0 Å². The van der Waals surface area contributed by atoms with Crippen LogP contribution in [0.1, 0.15) is 18.4 Å². The van der Waals surface area contributed by atoms with Gasteiger partial charge in [-0.05, 0) is 48.4 Å². The summed E-state index contributed by atoms with van der Waals surface area (Å²) in [6.07, 6.45) is 4.46. The van der Waals surface area contributed by atoms with Gasteiger partial charge in [-0.25, -0.2) is 0 Å². The van der Waals surface area contributed by atoms with E-state index in [1.807, 2.05) is 48.5 Å². The van der Waals surface area contributed by atoms with Crippen LogP contribution in [0.4, 0.5) is 0 Å². The van der Waals surface area contributed by atoms with Gasteiger partial charge in [-0.2, -0.15) is 0 Å². The highest BCUT2D eigenvalue weighted by atomic mass is 35.5. The molecule has 1 aliphatic rings. The molecule has 0 aliphatic carbocycles. The first-order valence-corrected chi connectivity index (χ1v) is 8.88. The Bertz CT molecular complexity index is 786. The molecule has 0 radical (unpaired) electrons. The normalized spacial score (nSPS) is 14.5. The molecule has 0 saturated carbocycles. The summed E-state index contributed by atoms with van der Waals surface area (Å²) in [6.45, 7) is 0.517. The summed E-state index contributed by atoms with van der Waals surface area (Å²) in [5.74, 6) is -0.336. The second-order valence-electron chi connectivity index (χ2n) is 5.41. The van der Waals surface area contributed by atoms with Crippen molar-refractivity contribution in [1.29, 1.82) is 0 Å². The Kier molecular flexibility index (Phi) is 5.38. The summed E-state index contributed by atoms with van der Waals surface area (Å²) in [7, 11) is 0. The molecule has 24 heavy (non-hydrogen) atoms. The molecule has 3 rings (SSSR count). The molecule has 0 N–H and O–H groups in total. The zero-order valence-electron chi connectivity index (χ0n) is 12.9. The highest BCUT2D eigenvalue weighted by Crippen LogP contribution is 2.31. The van der Waals surface area contributed by atoms with Crippen molar-refractivity contribution in [2.24, 2.45) is 0 Å². The number of halogens is 1. The Morgan fingerprint density at radius 3 is 2.58 bits per heavy atom. The van der Waals surface area contributed by atoms with Crippen molar-refractivity contribution in [2.45, 2.75) is 22.6 Å². The van der Waals surface area contributed by atoms with E-state index in [4.69, 9.17) is 11.6 Å². The SMILES string of the molecule is O=C(C=Cc1ccccc1Sc1ccc(Cl)cc1)N1CCCC1=O. The Morgan fingerprint density at radius 2 is 1.88 bits per heavy atom. The molecule has 1 heterocycles. The van der Waals surface area contributed by atoms with E-state index < -0.39 is 0 Å². The van der Waals surface area contributed by atoms with E-state index in [1.165, 1.54) is 11.0 Å². The van der Waals surface area contributed by atoms with Crippen LogP contribution in [-0.2, 0) is 9.59 Å². The number of imide groups is 1. The zero-order chi connectivity index (χ0) is 16.9. The van der Waals surface area contributed by atoms with Gasteiger partial charge in [0.15, 0.2) is 0 Å². The zero-order valence-corrected chi connectivity index (χ0v) is 14.5. The predicted octanol–water partition coefficient (Wildman–Crippen LogP) is 4.65. The lowest BCUT2D eigenvalue weighted by atomic mass is 10.2. The molecule has 0 spiro atoms. The third-order valence-corrected chi connectivity index (χ3v) is 5.06. The summed E-state index contributed by atoms with van der Waals surface area (Å²) in [5, 5.41) is 0.702. The van der Waals surface area contributed by atoms with Crippen molar-refractivity contribution in [3.05, 3.63) is 65.2 Å². The third kappa shape index (κ3) is 4.08. The molecule has 2 aromatic rings. The average molecular weight is 358 g/mol.